The maximum atomic E-state index is 12.9. The molecule has 0 saturated carbocycles. The molecule has 0 bridgehead atoms. The van der Waals surface area contributed by atoms with Crippen LogP contribution in [-0.2, 0) is 23.0 Å². The molecule has 0 spiro atoms. The number of sulfonamides is 1. The van der Waals surface area contributed by atoms with Crippen LogP contribution >= 0.6 is 11.3 Å². The van der Waals surface area contributed by atoms with Crippen molar-refractivity contribution in [2.75, 3.05) is 4.72 Å². The van der Waals surface area contributed by atoms with Gasteiger partial charge in [0, 0.05) is 17.8 Å². The Hall–Kier alpha value is -3.49. The van der Waals surface area contributed by atoms with Crippen LogP contribution in [0, 0.1) is 0 Å². The van der Waals surface area contributed by atoms with E-state index in [4.69, 9.17) is 0 Å². The fourth-order valence-electron chi connectivity index (χ4n) is 3.37. The fourth-order valence-corrected chi connectivity index (χ4v) is 5.56. The number of rotatable bonds is 7. The molecule has 168 valence electrons. The average molecular weight is 478 g/mol. The van der Waals surface area contributed by atoms with Crippen molar-refractivity contribution in [3.63, 3.8) is 0 Å². The van der Waals surface area contributed by atoms with Crippen LogP contribution in [0.5, 0.6) is 0 Å². The molecule has 0 aliphatic heterocycles. The van der Waals surface area contributed by atoms with Crippen LogP contribution in [0.2, 0.25) is 0 Å². The standard InChI is InChI=1S/C25H23N3O3S2/c1-3-16-28-22-15-10-18(4-2)17-23(22)32-25(28)26-24(29)19-11-13-20(14-12-19)27-33(30,31)21-8-6-5-7-9-21/h3,5-15,17,27H,1,4,16H2,2H3. The number of thiazole rings is 1. The number of benzene rings is 3. The Morgan fingerprint density at radius 1 is 1.09 bits per heavy atom. The van der Waals surface area contributed by atoms with Gasteiger partial charge in [0.15, 0.2) is 4.80 Å². The summed E-state index contributed by atoms with van der Waals surface area (Å²) in [7, 11) is -3.70. The number of aromatic nitrogens is 1. The SMILES string of the molecule is C=CCn1c(=NC(=O)c2ccc(NS(=O)(=O)c3ccccc3)cc2)sc2cc(CC)ccc21. The first-order valence-corrected chi connectivity index (χ1v) is 12.7. The topological polar surface area (TPSA) is 80.5 Å². The summed E-state index contributed by atoms with van der Waals surface area (Å²) in [4.78, 5) is 18.0. The number of amides is 1. The zero-order valence-electron chi connectivity index (χ0n) is 18.1. The van der Waals surface area contributed by atoms with E-state index in [1.807, 2.05) is 10.6 Å². The predicted octanol–water partition coefficient (Wildman–Crippen LogP) is 4.99. The smallest absolute Gasteiger partial charge is 0.279 e. The van der Waals surface area contributed by atoms with E-state index in [0.717, 1.165) is 16.6 Å². The van der Waals surface area contributed by atoms with Gasteiger partial charge in [-0.05, 0) is 60.5 Å². The summed E-state index contributed by atoms with van der Waals surface area (Å²) in [6.45, 7) is 6.46. The molecule has 0 unspecified atom stereocenters. The van der Waals surface area contributed by atoms with E-state index < -0.39 is 15.9 Å². The van der Waals surface area contributed by atoms with Crippen LogP contribution in [0.15, 0.2) is 95.3 Å². The zero-order valence-corrected chi connectivity index (χ0v) is 19.7. The highest BCUT2D eigenvalue weighted by atomic mass is 32.2. The second-order valence-electron chi connectivity index (χ2n) is 7.35. The Bertz CT molecular complexity index is 1480. The molecule has 1 amide bonds. The number of carbonyl (C=O) groups is 1. The fraction of sp³-hybridized carbons (Fsp3) is 0.120. The van der Waals surface area contributed by atoms with Crippen molar-refractivity contribution in [1.29, 1.82) is 0 Å². The van der Waals surface area contributed by atoms with Crippen LogP contribution in [0.3, 0.4) is 0 Å². The Labute approximate surface area is 196 Å². The summed E-state index contributed by atoms with van der Waals surface area (Å²) in [6, 6.07) is 20.6. The van der Waals surface area contributed by atoms with Gasteiger partial charge < -0.3 is 4.57 Å². The lowest BCUT2D eigenvalue weighted by Gasteiger charge is -2.08. The third-order valence-electron chi connectivity index (χ3n) is 5.10. The molecule has 1 heterocycles. The summed E-state index contributed by atoms with van der Waals surface area (Å²) >= 11 is 1.46. The predicted molar refractivity (Wildman–Crippen MR) is 133 cm³/mol. The minimum Gasteiger partial charge on any atom is -0.312 e. The lowest BCUT2D eigenvalue weighted by atomic mass is 10.2. The first-order chi connectivity index (χ1) is 15.9. The number of fused-ring (bicyclic) bond motifs is 1. The van der Waals surface area contributed by atoms with E-state index in [1.165, 1.54) is 29.0 Å². The van der Waals surface area contributed by atoms with Gasteiger partial charge in [0.05, 0.1) is 15.1 Å². The number of anilines is 1. The van der Waals surface area contributed by atoms with Crippen molar-refractivity contribution in [2.45, 2.75) is 24.8 Å². The van der Waals surface area contributed by atoms with Gasteiger partial charge >= 0.3 is 0 Å². The number of hydrogen-bond acceptors (Lipinski definition) is 4. The molecule has 3 aromatic carbocycles. The molecule has 0 fully saturated rings. The van der Waals surface area contributed by atoms with Gasteiger partial charge in [0.1, 0.15) is 0 Å². The summed E-state index contributed by atoms with van der Waals surface area (Å²) in [5.41, 5.74) is 2.97. The molecule has 8 heteroatoms. The Kier molecular flexibility index (Phi) is 6.57. The first kappa shape index (κ1) is 22.7. The maximum absolute atomic E-state index is 12.9. The van der Waals surface area contributed by atoms with Gasteiger partial charge in [0.25, 0.3) is 15.9 Å². The van der Waals surface area contributed by atoms with E-state index in [2.05, 4.69) is 35.3 Å². The molecule has 6 nitrogen and oxygen atoms in total. The van der Waals surface area contributed by atoms with Gasteiger partial charge in [-0.2, -0.15) is 4.99 Å². The van der Waals surface area contributed by atoms with E-state index in [0.29, 0.717) is 22.6 Å². The van der Waals surface area contributed by atoms with Crippen LogP contribution < -0.4 is 9.52 Å². The van der Waals surface area contributed by atoms with E-state index in [-0.39, 0.29) is 4.90 Å². The van der Waals surface area contributed by atoms with Crippen LogP contribution in [0.4, 0.5) is 5.69 Å². The average Bonchev–Trinajstić information content (AvgIpc) is 3.16. The van der Waals surface area contributed by atoms with Gasteiger partial charge in [-0.15, -0.1) is 6.58 Å². The second kappa shape index (κ2) is 9.56. The highest BCUT2D eigenvalue weighted by Gasteiger charge is 2.14. The monoisotopic (exact) mass is 477 g/mol. The maximum Gasteiger partial charge on any atom is 0.279 e. The van der Waals surface area contributed by atoms with Gasteiger partial charge in [0.2, 0.25) is 0 Å². The highest BCUT2D eigenvalue weighted by Crippen LogP contribution is 2.20. The normalized spacial score (nSPS) is 12.1. The summed E-state index contributed by atoms with van der Waals surface area (Å²) in [5, 5.41) is 0. The number of aryl methyl sites for hydroxylation is 1. The molecule has 0 aliphatic rings. The van der Waals surface area contributed by atoms with Crippen molar-refractivity contribution in [3.05, 3.63) is 101 Å². The number of nitrogens with zero attached hydrogens (tertiary/aromatic N) is 2. The molecule has 0 aliphatic carbocycles. The van der Waals surface area contributed by atoms with Crippen molar-refractivity contribution < 1.29 is 13.2 Å². The third kappa shape index (κ3) is 4.97. The van der Waals surface area contributed by atoms with Gasteiger partial charge in [-0.25, -0.2) is 8.42 Å². The van der Waals surface area contributed by atoms with Crippen molar-refractivity contribution in [3.8, 4) is 0 Å². The molecule has 0 saturated heterocycles. The number of allylic oxidation sites excluding steroid dienone is 1. The lowest BCUT2D eigenvalue weighted by Crippen LogP contribution is -2.16. The summed E-state index contributed by atoms with van der Waals surface area (Å²) < 4.78 is 30.5. The quantitative estimate of drug-likeness (QED) is 0.381. The van der Waals surface area contributed by atoms with Crippen molar-refractivity contribution in [2.24, 2.45) is 4.99 Å². The molecule has 4 rings (SSSR count). The Morgan fingerprint density at radius 2 is 1.82 bits per heavy atom. The minimum atomic E-state index is -3.70. The van der Waals surface area contributed by atoms with E-state index in [9.17, 15) is 13.2 Å². The largest absolute Gasteiger partial charge is 0.312 e. The van der Waals surface area contributed by atoms with Crippen LogP contribution in [-0.4, -0.2) is 18.9 Å². The molecule has 1 N–H and O–H groups in total. The van der Waals surface area contributed by atoms with Crippen molar-refractivity contribution >= 4 is 43.2 Å². The minimum absolute atomic E-state index is 0.169. The number of nitrogens with one attached hydrogen (secondary N) is 1. The summed E-state index contributed by atoms with van der Waals surface area (Å²) in [6.07, 6.45) is 2.71. The van der Waals surface area contributed by atoms with Gasteiger partial charge in [-0.1, -0.05) is 48.6 Å². The summed E-state index contributed by atoms with van der Waals surface area (Å²) in [5.74, 6) is -0.396. The van der Waals surface area contributed by atoms with Gasteiger partial charge in [-0.3, -0.25) is 9.52 Å². The number of carbonyl (C=O) groups excluding carboxylic acids is 1. The molecule has 4 aromatic rings. The first-order valence-electron chi connectivity index (χ1n) is 10.4. The Morgan fingerprint density at radius 3 is 2.48 bits per heavy atom. The molecular formula is C25H23N3O3S2. The lowest BCUT2D eigenvalue weighted by molar-refractivity contribution is 0.0998. The van der Waals surface area contributed by atoms with Crippen LogP contribution in [0.1, 0.15) is 22.8 Å². The molecular weight excluding hydrogens is 454 g/mol. The zero-order chi connectivity index (χ0) is 23.4. The Balaban J connectivity index is 1.62. The number of hydrogen-bond donors (Lipinski definition) is 1. The van der Waals surface area contributed by atoms with E-state index in [1.54, 1.807) is 48.5 Å². The third-order valence-corrected chi connectivity index (χ3v) is 7.54. The molecule has 33 heavy (non-hydrogen) atoms. The highest BCUT2D eigenvalue weighted by molar-refractivity contribution is 7.92. The second-order valence-corrected chi connectivity index (χ2v) is 10.0. The molecule has 0 atom stereocenters. The molecule has 0 radical (unpaired) electrons. The van der Waals surface area contributed by atoms with Crippen LogP contribution in [0.25, 0.3) is 10.2 Å². The van der Waals surface area contributed by atoms with Crippen molar-refractivity contribution in [1.82, 2.24) is 4.57 Å². The molecule has 1 aromatic heterocycles. The van der Waals surface area contributed by atoms with E-state index >= 15 is 0 Å².